The molecule has 0 bridgehead atoms. The van der Waals surface area contributed by atoms with E-state index in [4.69, 9.17) is 4.74 Å². The Morgan fingerprint density at radius 1 is 1.28 bits per heavy atom. The lowest BCUT2D eigenvalue weighted by molar-refractivity contribution is -0.120. The van der Waals surface area contributed by atoms with Crippen molar-refractivity contribution in [1.82, 2.24) is 15.6 Å². The molecule has 29 heavy (non-hydrogen) atoms. The lowest BCUT2D eigenvalue weighted by Crippen LogP contribution is -2.49. The number of rotatable bonds is 3. The van der Waals surface area contributed by atoms with Crippen LogP contribution < -0.4 is 15.5 Å². The van der Waals surface area contributed by atoms with Crippen molar-refractivity contribution in [3.63, 3.8) is 0 Å². The minimum Gasteiger partial charge on any atom is -0.365 e. The first kappa shape index (κ1) is 19.4. The molecule has 7 nitrogen and oxygen atoms in total. The van der Waals surface area contributed by atoms with Crippen LogP contribution in [0.2, 0.25) is 0 Å². The molecule has 2 saturated heterocycles. The monoisotopic (exact) mass is 392 g/mol. The molecule has 0 unspecified atom stereocenters. The van der Waals surface area contributed by atoms with Crippen molar-refractivity contribution < 1.29 is 14.3 Å². The fourth-order valence-electron chi connectivity index (χ4n) is 3.82. The zero-order valence-corrected chi connectivity index (χ0v) is 16.4. The topological polar surface area (TPSA) is 83.6 Å². The van der Waals surface area contributed by atoms with Gasteiger partial charge in [0.2, 0.25) is 5.91 Å². The lowest BCUT2D eigenvalue weighted by atomic mass is 9.98. The van der Waals surface area contributed by atoms with Crippen LogP contribution >= 0.6 is 0 Å². The number of fused-ring (bicyclic) bond motifs is 1. The molecule has 2 aliphatic rings. The molecule has 0 spiro atoms. The highest BCUT2D eigenvalue weighted by molar-refractivity contribution is 6.10. The fraction of sp³-hybridized carbons (Fsp3) is 0.409. The molecule has 2 N–H and O–H groups in total. The van der Waals surface area contributed by atoms with Gasteiger partial charge in [-0.3, -0.25) is 20.0 Å². The Kier molecular flexibility index (Phi) is 5.74. The SMILES string of the molecule is C[C@@H]1CNCC[C@H]1OCC#Cc1cccc2c(N3CCC(=O)NC3=O)cncc12. The van der Waals surface area contributed by atoms with Gasteiger partial charge in [-0.25, -0.2) is 4.79 Å². The molecule has 7 heteroatoms. The van der Waals surface area contributed by atoms with Crippen LogP contribution in [0.4, 0.5) is 10.5 Å². The first-order valence-electron chi connectivity index (χ1n) is 9.93. The summed E-state index contributed by atoms with van der Waals surface area (Å²) in [5.74, 6) is 6.53. The summed E-state index contributed by atoms with van der Waals surface area (Å²) in [6.45, 7) is 4.87. The van der Waals surface area contributed by atoms with Crippen LogP contribution in [0.1, 0.15) is 25.3 Å². The normalized spacial score (nSPS) is 22.2. The minimum absolute atomic E-state index is 0.242. The van der Waals surface area contributed by atoms with Crippen molar-refractivity contribution >= 4 is 28.4 Å². The van der Waals surface area contributed by atoms with Gasteiger partial charge < -0.3 is 10.1 Å². The predicted molar refractivity (Wildman–Crippen MR) is 111 cm³/mol. The van der Waals surface area contributed by atoms with Gasteiger partial charge in [0.25, 0.3) is 0 Å². The number of anilines is 1. The van der Waals surface area contributed by atoms with E-state index in [0.29, 0.717) is 24.8 Å². The van der Waals surface area contributed by atoms with Crippen LogP contribution in [0.15, 0.2) is 30.6 Å². The van der Waals surface area contributed by atoms with Crippen molar-refractivity contribution in [3.8, 4) is 11.8 Å². The highest BCUT2D eigenvalue weighted by Crippen LogP contribution is 2.28. The number of nitrogens with one attached hydrogen (secondary N) is 2. The Morgan fingerprint density at radius 3 is 3.00 bits per heavy atom. The minimum atomic E-state index is -0.420. The maximum absolute atomic E-state index is 12.2. The fourth-order valence-corrected chi connectivity index (χ4v) is 3.82. The third-order valence-corrected chi connectivity index (χ3v) is 5.43. The number of benzene rings is 1. The summed E-state index contributed by atoms with van der Waals surface area (Å²) in [5.41, 5.74) is 1.52. The first-order valence-corrected chi connectivity index (χ1v) is 9.93. The Balaban J connectivity index is 1.54. The molecular formula is C22H24N4O3. The van der Waals surface area contributed by atoms with Gasteiger partial charge in [0, 0.05) is 42.0 Å². The summed E-state index contributed by atoms with van der Waals surface area (Å²) in [5, 5.41) is 7.47. The highest BCUT2D eigenvalue weighted by Gasteiger charge is 2.26. The zero-order chi connectivity index (χ0) is 20.2. The number of amides is 3. The molecule has 0 radical (unpaired) electrons. The number of hydrogen-bond acceptors (Lipinski definition) is 5. The van der Waals surface area contributed by atoms with Crippen LogP contribution in [-0.2, 0) is 9.53 Å². The van der Waals surface area contributed by atoms with Gasteiger partial charge in [-0.1, -0.05) is 30.9 Å². The van der Waals surface area contributed by atoms with Crippen molar-refractivity contribution in [3.05, 3.63) is 36.2 Å². The number of aromatic nitrogens is 1. The van der Waals surface area contributed by atoms with Gasteiger partial charge in [0.1, 0.15) is 6.61 Å². The van der Waals surface area contributed by atoms with E-state index in [1.165, 1.54) is 0 Å². The second-order valence-corrected chi connectivity index (χ2v) is 7.44. The largest absolute Gasteiger partial charge is 0.365 e. The van der Waals surface area contributed by atoms with E-state index < -0.39 is 6.03 Å². The molecule has 3 heterocycles. The van der Waals surface area contributed by atoms with E-state index in [0.717, 1.165) is 35.8 Å². The molecular weight excluding hydrogens is 368 g/mol. The van der Waals surface area contributed by atoms with Crippen LogP contribution in [0.25, 0.3) is 10.8 Å². The predicted octanol–water partition coefficient (Wildman–Crippen LogP) is 2.05. The smallest absolute Gasteiger partial charge is 0.328 e. The van der Waals surface area contributed by atoms with E-state index in [1.807, 2.05) is 18.2 Å². The first-order chi connectivity index (χ1) is 14.1. The summed E-state index contributed by atoms with van der Waals surface area (Å²) >= 11 is 0. The van der Waals surface area contributed by atoms with E-state index in [2.05, 4.69) is 34.4 Å². The van der Waals surface area contributed by atoms with Crippen LogP contribution in [0.5, 0.6) is 0 Å². The van der Waals surface area contributed by atoms with Gasteiger partial charge in [0.15, 0.2) is 0 Å². The molecule has 150 valence electrons. The van der Waals surface area contributed by atoms with E-state index in [9.17, 15) is 9.59 Å². The molecule has 2 fully saturated rings. The summed E-state index contributed by atoms with van der Waals surface area (Å²) < 4.78 is 5.95. The zero-order valence-electron chi connectivity index (χ0n) is 16.4. The number of pyridine rings is 1. The number of carbonyl (C=O) groups excluding carboxylic acids is 2. The molecule has 3 amide bonds. The number of nitrogens with zero attached hydrogens (tertiary/aromatic N) is 2. The van der Waals surface area contributed by atoms with Crippen LogP contribution in [-0.4, -0.2) is 49.3 Å². The highest BCUT2D eigenvalue weighted by atomic mass is 16.5. The second-order valence-electron chi connectivity index (χ2n) is 7.44. The Bertz CT molecular complexity index is 994. The molecule has 0 saturated carbocycles. The quantitative estimate of drug-likeness (QED) is 0.781. The summed E-state index contributed by atoms with van der Waals surface area (Å²) in [7, 11) is 0. The van der Waals surface area contributed by atoms with Gasteiger partial charge in [-0.2, -0.15) is 0 Å². The third kappa shape index (κ3) is 4.24. The molecule has 0 aliphatic carbocycles. The average molecular weight is 392 g/mol. The number of urea groups is 1. The van der Waals surface area contributed by atoms with Crippen LogP contribution in [0, 0.1) is 17.8 Å². The van der Waals surface area contributed by atoms with Gasteiger partial charge >= 0.3 is 6.03 Å². The van der Waals surface area contributed by atoms with Gasteiger partial charge in [-0.15, -0.1) is 0 Å². The third-order valence-electron chi connectivity index (χ3n) is 5.43. The lowest BCUT2D eigenvalue weighted by Gasteiger charge is -2.28. The molecule has 2 atom stereocenters. The second kappa shape index (κ2) is 8.60. The maximum Gasteiger partial charge on any atom is 0.328 e. The Labute approximate surface area is 169 Å². The Hall–Kier alpha value is -2.95. The molecule has 1 aromatic carbocycles. The number of ether oxygens (including phenoxy) is 1. The maximum atomic E-state index is 12.2. The van der Waals surface area contributed by atoms with Crippen LogP contribution in [0.3, 0.4) is 0 Å². The van der Waals surface area contributed by atoms with E-state index >= 15 is 0 Å². The number of imide groups is 1. The number of hydrogen-bond donors (Lipinski definition) is 2. The van der Waals surface area contributed by atoms with Crippen molar-refractivity contribution in [2.75, 3.05) is 31.1 Å². The van der Waals surface area contributed by atoms with Gasteiger partial charge in [0.05, 0.1) is 18.0 Å². The van der Waals surface area contributed by atoms with Crippen molar-refractivity contribution in [2.24, 2.45) is 5.92 Å². The summed E-state index contributed by atoms with van der Waals surface area (Å²) in [6, 6.07) is 5.37. The molecule has 2 aliphatic heterocycles. The van der Waals surface area contributed by atoms with Crippen molar-refractivity contribution in [2.45, 2.75) is 25.9 Å². The average Bonchev–Trinajstić information content (AvgIpc) is 2.72. The Morgan fingerprint density at radius 2 is 2.17 bits per heavy atom. The number of carbonyl (C=O) groups is 2. The molecule has 2 aromatic rings. The van der Waals surface area contributed by atoms with E-state index in [-0.39, 0.29) is 18.4 Å². The summed E-state index contributed by atoms with van der Waals surface area (Å²) in [4.78, 5) is 29.5. The molecule has 4 rings (SSSR count). The standard InChI is InChI=1S/C22H24N4O3/c1-15-12-23-9-7-20(15)29-11-3-5-16-4-2-6-17-18(16)13-24-14-19(17)26-10-8-21(27)25-22(26)28/h2,4,6,13-15,20,23H,7-12H2,1H3,(H,25,27,28)/t15-,20-/m1/s1. The number of piperidine rings is 1. The van der Waals surface area contributed by atoms with Gasteiger partial charge in [-0.05, 0) is 24.9 Å². The van der Waals surface area contributed by atoms with E-state index in [1.54, 1.807) is 17.3 Å². The summed E-state index contributed by atoms with van der Waals surface area (Å²) in [6.07, 6.45) is 4.92. The molecule has 1 aromatic heterocycles. The van der Waals surface area contributed by atoms with Crippen molar-refractivity contribution in [1.29, 1.82) is 0 Å².